The molecule has 1 aliphatic rings. The molecule has 0 spiro atoms. The molecule has 16 heavy (non-hydrogen) atoms. The van der Waals surface area contributed by atoms with Gasteiger partial charge in [-0.2, -0.15) is 0 Å². The first-order valence-electron chi connectivity index (χ1n) is 5.85. The molecule has 0 bridgehead atoms. The fourth-order valence-electron chi connectivity index (χ4n) is 2.48. The molecule has 5 nitrogen and oxygen atoms in total. The first kappa shape index (κ1) is 13.9. The Morgan fingerprint density at radius 2 is 1.94 bits per heavy atom. The molecule has 0 aliphatic heterocycles. The van der Waals surface area contributed by atoms with Crippen molar-refractivity contribution in [2.45, 2.75) is 31.7 Å². The van der Waals surface area contributed by atoms with Gasteiger partial charge in [0.2, 0.25) is 10.0 Å². The van der Waals surface area contributed by atoms with E-state index in [-0.39, 0.29) is 5.75 Å². The van der Waals surface area contributed by atoms with Gasteiger partial charge in [-0.15, -0.1) is 0 Å². The summed E-state index contributed by atoms with van der Waals surface area (Å²) in [5.41, 5.74) is 5.74. The fourth-order valence-corrected chi connectivity index (χ4v) is 3.02. The molecule has 0 saturated heterocycles. The van der Waals surface area contributed by atoms with Gasteiger partial charge < -0.3 is 10.6 Å². The van der Waals surface area contributed by atoms with Crippen LogP contribution in [0.1, 0.15) is 25.7 Å². The summed E-state index contributed by atoms with van der Waals surface area (Å²) >= 11 is 0. The maximum Gasteiger partial charge on any atom is 0.210 e. The Morgan fingerprint density at radius 1 is 1.31 bits per heavy atom. The number of primary sulfonamides is 1. The average Bonchev–Trinajstić information content (AvgIpc) is 2.25. The van der Waals surface area contributed by atoms with Gasteiger partial charge in [-0.05, 0) is 32.4 Å². The Morgan fingerprint density at radius 3 is 2.50 bits per heavy atom. The lowest BCUT2D eigenvalue weighted by molar-refractivity contribution is 0.140. The smallest absolute Gasteiger partial charge is 0.210 e. The summed E-state index contributed by atoms with van der Waals surface area (Å²) in [7, 11) is -1.39. The predicted octanol–water partition coefficient (Wildman–Crippen LogP) is -0.276. The number of hydrogen-bond donors (Lipinski definition) is 2. The van der Waals surface area contributed by atoms with E-state index in [2.05, 4.69) is 4.90 Å². The first-order chi connectivity index (χ1) is 7.44. The van der Waals surface area contributed by atoms with Crippen molar-refractivity contribution in [1.82, 2.24) is 4.90 Å². The molecule has 4 N–H and O–H groups in total. The molecule has 1 rings (SSSR count). The quantitative estimate of drug-likeness (QED) is 0.701. The molecule has 0 aromatic heterocycles. The molecule has 1 fully saturated rings. The van der Waals surface area contributed by atoms with Crippen molar-refractivity contribution < 1.29 is 8.42 Å². The lowest BCUT2D eigenvalue weighted by atomic mass is 9.84. The lowest BCUT2D eigenvalue weighted by Crippen LogP contribution is -2.45. The summed E-state index contributed by atoms with van der Waals surface area (Å²) in [5, 5.41) is 5.00. The van der Waals surface area contributed by atoms with E-state index in [9.17, 15) is 8.42 Å². The fraction of sp³-hybridized carbons (Fsp3) is 1.00. The first-order valence-corrected chi connectivity index (χ1v) is 7.56. The normalized spacial score (nSPS) is 27.2. The van der Waals surface area contributed by atoms with Crippen molar-refractivity contribution in [1.29, 1.82) is 0 Å². The topological polar surface area (TPSA) is 89.4 Å². The van der Waals surface area contributed by atoms with Crippen LogP contribution in [0.5, 0.6) is 0 Å². The monoisotopic (exact) mass is 249 g/mol. The molecule has 0 heterocycles. The van der Waals surface area contributed by atoms with Crippen molar-refractivity contribution in [2.75, 3.05) is 25.9 Å². The average molecular weight is 249 g/mol. The Kier molecular flexibility index (Phi) is 5.17. The number of nitrogens with zero attached hydrogens (tertiary/aromatic N) is 1. The molecule has 0 aromatic carbocycles. The zero-order valence-corrected chi connectivity index (χ0v) is 10.7. The standard InChI is InChI=1S/C10H23N3O2S/c1-13(6-7-16(12,14)15)10-5-3-2-4-9(10)8-11/h9-10H,2-8,11H2,1H3,(H2,12,14,15). The summed E-state index contributed by atoms with van der Waals surface area (Å²) in [6.07, 6.45) is 4.71. The largest absolute Gasteiger partial charge is 0.330 e. The Hall–Kier alpha value is -0.170. The van der Waals surface area contributed by atoms with E-state index in [0.717, 1.165) is 12.8 Å². The number of nitrogens with two attached hydrogens (primary N) is 2. The molecular weight excluding hydrogens is 226 g/mol. The van der Waals surface area contributed by atoms with Crippen LogP contribution in [-0.2, 0) is 10.0 Å². The maximum absolute atomic E-state index is 10.9. The minimum atomic E-state index is -3.35. The van der Waals surface area contributed by atoms with Crippen LogP contribution in [0.2, 0.25) is 0 Å². The Balaban J connectivity index is 2.47. The molecule has 2 unspecified atom stereocenters. The molecule has 0 radical (unpaired) electrons. The van der Waals surface area contributed by atoms with E-state index in [1.807, 2.05) is 7.05 Å². The van der Waals surface area contributed by atoms with Crippen LogP contribution < -0.4 is 10.9 Å². The van der Waals surface area contributed by atoms with Crippen molar-refractivity contribution in [3.63, 3.8) is 0 Å². The highest BCUT2D eigenvalue weighted by atomic mass is 32.2. The molecule has 2 atom stereocenters. The summed E-state index contributed by atoms with van der Waals surface area (Å²) in [6, 6.07) is 0.417. The summed E-state index contributed by atoms with van der Waals surface area (Å²) < 4.78 is 21.8. The zero-order valence-electron chi connectivity index (χ0n) is 9.93. The van der Waals surface area contributed by atoms with Crippen LogP contribution in [-0.4, -0.2) is 45.2 Å². The Bertz CT molecular complexity index is 305. The molecule has 0 aromatic rings. The predicted molar refractivity (Wildman–Crippen MR) is 65.4 cm³/mol. The second-order valence-electron chi connectivity index (χ2n) is 4.70. The van der Waals surface area contributed by atoms with Gasteiger partial charge in [-0.25, -0.2) is 13.6 Å². The van der Waals surface area contributed by atoms with Gasteiger partial charge in [0.1, 0.15) is 0 Å². The summed E-state index contributed by atoms with van der Waals surface area (Å²) in [5.74, 6) is 0.524. The number of hydrogen-bond acceptors (Lipinski definition) is 4. The number of rotatable bonds is 5. The van der Waals surface area contributed by atoms with E-state index in [1.165, 1.54) is 12.8 Å². The maximum atomic E-state index is 10.9. The van der Waals surface area contributed by atoms with Gasteiger partial charge in [0, 0.05) is 12.6 Å². The Labute approximate surface area is 98.2 Å². The third-order valence-corrected chi connectivity index (χ3v) is 4.22. The van der Waals surface area contributed by atoms with Gasteiger partial charge in [-0.1, -0.05) is 12.8 Å². The molecule has 96 valence electrons. The highest BCUT2D eigenvalue weighted by Gasteiger charge is 2.27. The van der Waals surface area contributed by atoms with Crippen LogP contribution in [0.25, 0.3) is 0 Å². The van der Waals surface area contributed by atoms with Crippen molar-refractivity contribution in [3.05, 3.63) is 0 Å². The molecule has 6 heteroatoms. The van der Waals surface area contributed by atoms with Gasteiger partial charge in [0.05, 0.1) is 5.75 Å². The molecule has 1 saturated carbocycles. The highest BCUT2D eigenvalue weighted by Crippen LogP contribution is 2.26. The molecular formula is C10H23N3O2S. The zero-order chi connectivity index (χ0) is 12.2. The number of sulfonamides is 1. The van der Waals surface area contributed by atoms with E-state index in [0.29, 0.717) is 25.0 Å². The summed E-state index contributed by atoms with van der Waals surface area (Å²) in [4.78, 5) is 2.10. The van der Waals surface area contributed by atoms with Crippen molar-refractivity contribution in [3.8, 4) is 0 Å². The minimum absolute atomic E-state index is 0.0251. The van der Waals surface area contributed by atoms with Gasteiger partial charge in [0.15, 0.2) is 0 Å². The minimum Gasteiger partial charge on any atom is -0.330 e. The van der Waals surface area contributed by atoms with Crippen LogP contribution in [0, 0.1) is 5.92 Å². The highest BCUT2D eigenvalue weighted by molar-refractivity contribution is 7.89. The van der Waals surface area contributed by atoms with Crippen LogP contribution in [0.4, 0.5) is 0 Å². The SMILES string of the molecule is CN(CCS(N)(=O)=O)C1CCCCC1CN. The van der Waals surface area contributed by atoms with E-state index >= 15 is 0 Å². The second kappa shape index (κ2) is 5.95. The van der Waals surface area contributed by atoms with E-state index < -0.39 is 10.0 Å². The summed E-state index contributed by atoms with van der Waals surface area (Å²) in [6.45, 7) is 1.18. The van der Waals surface area contributed by atoms with Crippen LogP contribution in [0.3, 0.4) is 0 Å². The third-order valence-electron chi connectivity index (χ3n) is 3.47. The van der Waals surface area contributed by atoms with E-state index in [4.69, 9.17) is 10.9 Å². The third kappa shape index (κ3) is 4.37. The van der Waals surface area contributed by atoms with E-state index in [1.54, 1.807) is 0 Å². The molecule has 1 aliphatic carbocycles. The van der Waals surface area contributed by atoms with Gasteiger partial charge in [0.25, 0.3) is 0 Å². The van der Waals surface area contributed by atoms with Crippen LogP contribution in [0.15, 0.2) is 0 Å². The lowest BCUT2D eigenvalue weighted by Gasteiger charge is -2.37. The van der Waals surface area contributed by atoms with Gasteiger partial charge in [-0.3, -0.25) is 0 Å². The van der Waals surface area contributed by atoms with Gasteiger partial charge >= 0.3 is 0 Å². The van der Waals surface area contributed by atoms with Crippen LogP contribution >= 0.6 is 0 Å². The van der Waals surface area contributed by atoms with Crippen molar-refractivity contribution in [2.24, 2.45) is 16.8 Å². The second-order valence-corrected chi connectivity index (χ2v) is 6.43. The molecule has 0 amide bonds. The van der Waals surface area contributed by atoms with Crippen molar-refractivity contribution >= 4 is 10.0 Å².